The van der Waals surface area contributed by atoms with Crippen LogP contribution in [-0.4, -0.2) is 8.96 Å². The van der Waals surface area contributed by atoms with E-state index in [9.17, 15) is 4.21 Å². The van der Waals surface area contributed by atoms with E-state index in [2.05, 4.69) is 42.5 Å². The molecule has 33 heavy (non-hydrogen) atoms. The Bertz CT molecular complexity index is 1060. The number of rotatable bonds is 9. The minimum absolute atomic E-state index is 0.0615. The third kappa shape index (κ3) is 4.96. The van der Waals surface area contributed by atoms with Gasteiger partial charge in [0.1, 0.15) is 16.8 Å². The Hall–Kier alpha value is -1.94. The molecule has 2 aromatic rings. The van der Waals surface area contributed by atoms with Gasteiger partial charge in [-0.2, -0.15) is 0 Å². The van der Waals surface area contributed by atoms with E-state index in [1.54, 1.807) is 6.07 Å². The Morgan fingerprint density at radius 2 is 1.85 bits per heavy atom. The van der Waals surface area contributed by atoms with Gasteiger partial charge in [0.05, 0.1) is 4.75 Å². The van der Waals surface area contributed by atoms with Crippen LogP contribution < -0.4 is 4.72 Å². The van der Waals surface area contributed by atoms with E-state index in [0.29, 0.717) is 12.3 Å². The van der Waals surface area contributed by atoms with Crippen molar-refractivity contribution < 1.29 is 8.60 Å². The molecule has 0 aromatic heterocycles. The fourth-order valence-corrected chi connectivity index (χ4v) is 6.52. The number of hydrogen-bond acceptors (Lipinski definition) is 1. The summed E-state index contributed by atoms with van der Waals surface area (Å²) < 4.78 is 30.7. The Morgan fingerprint density at radius 1 is 1.09 bits per heavy atom. The lowest BCUT2D eigenvalue weighted by Gasteiger charge is -2.29. The number of halogens is 1. The van der Waals surface area contributed by atoms with Crippen LogP contribution in [0.1, 0.15) is 87.3 Å². The normalized spacial score (nSPS) is 20.9. The van der Waals surface area contributed by atoms with Crippen LogP contribution in [0.5, 0.6) is 0 Å². The van der Waals surface area contributed by atoms with Gasteiger partial charge < -0.3 is 4.72 Å². The second kappa shape index (κ2) is 9.37. The first-order valence-electron chi connectivity index (χ1n) is 12.7. The monoisotopic (exact) mass is 465 g/mol. The summed E-state index contributed by atoms with van der Waals surface area (Å²) in [5.74, 6) is 1.00. The van der Waals surface area contributed by atoms with Gasteiger partial charge in [-0.15, -0.1) is 0 Å². The first-order valence-corrected chi connectivity index (χ1v) is 13.8. The van der Waals surface area contributed by atoms with Gasteiger partial charge in [-0.25, -0.2) is 8.60 Å². The van der Waals surface area contributed by atoms with Crippen molar-refractivity contribution in [2.24, 2.45) is 5.92 Å². The standard InChI is InChI=1S/C29H36FNOS/c1-20(31-33(32)29(2)15-16-29)17-22-13-14-24(18-21-7-3-4-8-21)26(19-22)25-11-6-12-27(30)28(25)23-9-5-10-23/h6,11-14,19,21,23,31H,1,3-5,7-10,15-18H2,2H3. The number of hydrogen-bond donors (Lipinski definition) is 1. The van der Waals surface area contributed by atoms with Gasteiger partial charge in [-0.1, -0.05) is 69.0 Å². The molecule has 2 aromatic carbocycles. The van der Waals surface area contributed by atoms with Crippen molar-refractivity contribution in [2.45, 2.75) is 88.2 Å². The molecule has 0 heterocycles. The van der Waals surface area contributed by atoms with Crippen molar-refractivity contribution in [3.63, 3.8) is 0 Å². The Labute approximate surface area is 200 Å². The maximum absolute atomic E-state index is 15.1. The Morgan fingerprint density at radius 3 is 2.52 bits per heavy atom. The fourth-order valence-electron chi connectivity index (χ4n) is 5.47. The maximum atomic E-state index is 15.1. The van der Waals surface area contributed by atoms with Crippen LogP contribution in [0, 0.1) is 11.7 Å². The van der Waals surface area contributed by atoms with E-state index in [4.69, 9.17) is 0 Å². The van der Waals surface area contributed by atoms with Crippen LogP contribution in [0.15, 0.2) is 48.7 Å². The van der Waals surface area contributed by atoms with Crippen LogP contribution in [0.25, 0.3) is 11.1 Å². The zero-order valence-electron chi connectivity index (χ0n) is 19.8. The van der Waals surface area contributed by atoms with Crippen LogP contribution in [0.2, 0.25) is 0 Å². The highest BCUT2D eigenvalue weighted by atomic mass is 32.2. The average Bonchev–Trinajstić information content (AvgIpc) is 3.30. The molecular weight excluding hydrogens is 429 g/mol. The molecular formula is C29H36FNOS. The summed E-state index contributed by atoms with van der Waals surface area (Å²) >= 11 is 0. The molecule has 1 unspecified atom stereocenters. The second-order valence-electron chi connectivity index (χ2n) is 10.8. The van der Waals surface area contributed by atoms with E-state index >= 15 is 4.39 Å². The van der Waals surface area contributed by atoms with Crippen LogP contribution in [0.4, 0.5) is 4.39 Å². The van der Waals surface area contributed by atoms with E-state index < -0.39 is 11.0 Å². The van der Waals surface area contributed by atoms with Gasteiger partial charge in [0, 0.05) is 12.1 Å². The topological polar surface area (TPSA) is 29.1 Å². The van der Waals surface area contributed by atoms with Gasteiger partial charge in [0.2, 0.25) is 0 Å². The van der Waals surface area contributed by atoms with E-state index in [1.807, 2.05) is 6.07 Å². The maximum Gasteiger partial charge on any atom is 0.127 e. The molecule has 176 valence electrons. The zero-order valence-corrected chi connectivity index (χ0v) is 20.6. The molecule has 4 heteroatoms. The number of allylic oxidation sites excluding steroid dienone is 1. The van der Waals surface area contributed by atoms with Crippen molar-refractivity contribution in [3.8, 4) is 11.1 Å². The first-order chi connectivity index (χ1) is 15.9. The summed E-state index contributed by atoms with van der Waals surface area (Å²) in [4.78, 5) is 0. The predicted molar refractivity (Wildman–Crippen MR) is 136 cm³/mol. The summed E-state index contributed by atoms with van der Waals surface area (Å²) in [7, 11) is -1.08. The van der Waals surface area contributed by atoms with E-state index in [0.717, 1.165) is 60.4 Å². The lowest BCUT2D eigenvalue weighted by molar-refractivity contribution is 0.405. The summed E-state index contributed by atoms with van der Waals surface area (Å²) in [5, 5.41) is 0. The minimum atomic E-state index is -1.08. The summed E-state index contributed by atoms with van der Waals surface area (Å²) in [6.45, 7) is 6.22. The molecule has 0 saturated heterocycles. The molecule has 0 spiro atoms. The smallest absolute Gasteiger partial charge is 0.127 e. The molecule has 3 fully saturated rings. The van der Waals surface area contributed by atoms with Gasteiger partial charge in [-0.05, 0) is 84.7 Å². The number of benzene rings is 2. The zero-order chi connectivity index (χ0) is 23.0. The quantitative estimate of drug-likeness (QED) is 0.412. The van der Waals surface area contributed by atoms with Crippen LogP contribution >= 0.6 is 0 Å². The third-order valence-corrected chi connectivity index (χ3v) is 9.85. The highest BCUT2D eigenvalue weighted by Gasteiger charge is 2.44. The second-order valence-corrected chi connectivity index (χ2v) is 12.5. The van der Waals surface area contributed by atoms with Crippen molar-refractivity contribution in [1.29, 1.82) is 0 Å². The highest BCUT2D eigenvalue weighted by Crippen LogP contribution is 2.44. The predicted octanol–water partition coefficient (Wildman–Crippen LogP) is 7.35. The van der Waals surface area contributed by atoms with Crippen molar-refractivity contribution >= 4 is 11.0 Å². The molecule has 3 aliphatic rings. The fraction of sp³-hybridized carbons (Fsp3) is 0.517. The van der Waals surface area contributed by atoms with Crippen LogP contribution in [0.3, 0.4) is 0 Å². The lowest BCUT2D eigenvalue weighted by Crippen LogP contribution is -2.27. The molecule has 0 aliphatic heterocycles. The van der Waals surface area contributed by atoms with Crippen LogP contribution in [-0.2, 0) is 23.8 Å². The molecule has 0 amide bonds. The van der Waals surface area contributed by atoms with E-state index in [1.165, 1.54) is 43.2 Å². The molecule has 2 nitrogen and oxygen atoms in total. The van der Waals surface area contributed by atoms with Gasteiger partial charge >= 0.3 is 0 Å². The number of nitrogens with one attached hydrogen (secondary N) is 1. The highest BCUT2D eigenvalue weighted by molar-refractivity contribution is 7.84. The van der Waals surface area contributed by atoms with Gasteiger partial charge in [0.25, 0.3) is 0 Å². The average molecular weight is 466 g/mol. The largest absolute Gasteiger partial charge is 0.309 e. The summed E-state index contributed by atoms with van der Waals surface area (Å²) in [6.07, 6.45) is 12.3. The molecule has 5 rings (SSSR count). The molecule has 0 bridgehead atoms. The molecule has 3 saturated carbocycles. The van der Waals surface area contributed by atoms with Crippen molar-refractivity contribution in [2.75, 3.05) is 0 Å². The Kier molecular flexibility index (Phi) is 6.48. The van der Waals surface area contributed by atoms with Gasteiger partial charge in [0.15, 0.2) is 0 Å². The molecule has 1 atom stereocenters. The summed E-state index contributed by atoms with van der Waals surface area (Å²) in [6, 6.07) is 12.3. The van der Waals surface area contributed by atoms with Crippen molar-refractivity contribution in [1.82, 2.24) is 4.72 Å². The molecule has 3 aliphatic carbocycles. The van der Waals surface area contributed by atoms with Gasteiger partial charge in [-0.3, -0.25) is 0 Å². The summed E-state index contributed by atoms with van der Waals surface area (Å²) in [5.41, 5.74) is 6.43. The molecule has 0 radical (unpaired) electrons. The Balaban J connectivity index is 1.46. The minimum Gasteiger partial charge on any atom is -0.309 e. The molecule has 1 N–H and O–H groups in total. The lowest BCUT2D eigenvalue weighted by atomic mass is 9.76. The van der Waals surface area contributed by atoms with Crippen molar-refractivity contribution in [3.05, 3.63) is 71.2 Å². The first kappa shape index (κ1) is 22.8. The SMILES string of the molecule is C=C(Cc1ccc(CC2CCCC2)c(-c2cccc(F)c2C2CCC2)c1)NS(=O)C1(C)CC1. The van der Waals surface area contributed by atoms with E-state index in [-0.39, 0.29) is 10.6 Å². The third-order valence-electron chi connectivity index (χ3n) is 8.07.